The zero-order valence-electron chi connectivity index (χ0n) is 19.5. The molecule has 0 aliphatic carbocycles. The van der Waals surface area contributed by atoms with Crippen molar-refractivity contribution < 1.29 is 0 Å². The highest BCUT2D eigenvalue weighted by atomic mass is 15.2. The van der Waals surface area contributed by atoms with E-state index in [4.69, 9.17) is 0 Å². The normalized spacial score (nSPS) is 26.1. The molecule has 1 heterocycles. The number of rotatable bonds is 5. The van der Waals surface area contributed by atoms with Crippen molar-refractivity contribution in [1.82, 2.24) is 4.90 Å². The van der Waals surface area contributed by atoms with Crippen LogP contribution < -0.4 is 0 Å². The summed E-state index contributed by atoms with van der Waals surface area (Å²) >= 11 is 0. The lowest BCUT2D eigenvalue weighted by Gasteiger charge is -2.56. The van der Waals surface area contributed by atoms with Crippen molar-refractivity contribution in [3.63, 3.8) is 0 Å². The quantitative estimate of drug-likeness (QED) is 0.296. The summed E-state index contributed by atoms with van der Waals surface area (Å²) in [6.07, 6.45) is 4.56. The summed E-state index contributed by atoms with van der Waals surface area (Å²) in [4.78, 5) is 2.72. The molecule has 0 radical (unpaired) electrons. The van der Waals surface area contributed by atoms with Crippen molar-refractivity contribution >= 4 is 0 Å². The second-order valence-corrected chi connectivity index (χ2v) is 9.72. The first kappa shape index (κ1) is 22.8. The third kappa shape index (κ3) is 4.72. The van der Waals surface area contributed by atoms with Gasteiger partial charge in [0.05, 0.1) is 0 Å². The molecule has 0 bridgehead atoms. The van der Waals surface area contributed by atoms with Crippen molar-refractivity contribution in [2.45, 2.75) is 99.2 Å². The van der Waals surface area contributed by atoms with Crippen molar-refractivity contribution in [2.75, 3.05) is 0 Å². The summed E-state index contributed by atoms with van der Waals surface area (Å²) in [6, 6.07) is 11.4. The summed E-state index contributed by atoms with van der Waals surface area (Å²) in [6.45, 7) is 19.8. The minimum absolute atomic E-state index is 0.184. The fraction of sp³-hybridized carbons (Fsp3) is 0.630. The van der Waals surface area contributed by atoms with E-state index < -0.39 is 0 Å². The molecule has 1 aromatic carbocycles. The van der Waals surface area contributed by atoms with Gasteiger partial charge in [0.15, 0.2) is 0 Å². The van der Waals surface area contributed by atoms with E-state index in [1.54, 1.807) is 5.57 Å². The Kier molecular flexibility index (Phi) is 7.58. The molecule has 0 aromatic heterocycles. The van der Waals surface area contributed by atoms with Gasteiger partial charge in [0.1, 0.15) is 5.54 Å². The number of hydrogen-bond acceptors (Lipinski definition) is 1. The highest BCUT2D eigenvalue weighted by molar-refractivity contribution is 5.40. The van der Waals surface area contributed by atoms with Crippen LogP contribution in [0.1, 0.15) is 86.6 Å². The molecule has 0 saturated carbocycles. The summed E-state index contributed by atoms with van der Waals surface area (Å²) in [5, 5.41) is 0. The first-order valence-electron chi connectivity index (χ1n) is 11.1. The van der Waals surface area contributed by atoms with Crippen LogP contribution in [-0.4, -0.2) is 16.5 Å². The molecule has 1 heteroatoms. The van der Waals surface area contributed by atoms with Crippen LogP contribution in [0.4, 0.5) is 0 Å². The van der Waals surface area contributed by atoms with Gasteiger partial charge in [0.25, 0.3) is 0 Å². The van der Waals surface area contributed by atoms with Gasteiger partial charge in [-0.2, -0.15) is 0 Å². The smallest absolute Gasteiger partial charge is 0.102 e. The standard InChI is InChI=1S/C27H41N/c1-9-11-12-16-19-27(8)22(4)21(3)24(10-2)25(26(5,6)7)28(27)20-23-17-14-13-15-18-23/h13-15,17-18,24-25H,9-12,20H2,1-8H3/t24-,25-,27-/m1/s1. The Morgan fingerprint density at radius 2 is 1.71 bits per heavy atom. The minimum Gasteiger partial charge on any atom is -0.276 e. The SMILES string of the molecule is CCCCC#C[C@]1(C)C(C)=C(C)[C@@H](CC)[C@H](C(C)(C)C)N1Cc1ccccc1. The largest absolute Gasteiger partial charge is 0.276 e. The molecule has 0 amide bonds. The Balaban J connectivity index is 2.61. The summed E-state index contributed by atoms with van der Waals surface area (Å²) in [7, 11) is 0. The third-order valence-corrected chi connectivity index (χ3v) is 6.68. The molecule has 0 saturated heterocycles. The van der Waals surface area contributed by atoms with E-state index in [0.29, 0.717) is 12.0 Å². The predicted octanol–water partition coefficient (Wildman–Crippen LogP) is 7.23. The van der Waals surface area contributed by atoms with Crippen LogP contribution in [-0.2, 0) is 6.54 Å². The Hall–Kier alpha value is -1.52. The maximum absolute atomic E-state index is 3.75. The Labute approximate surface area is 174 Å². The van der Waals surface area contributed by atoms with Crippen molar-refractivity contribution in [3.8, 4) is 11.8 Å². The van der Waals surface area contributed by atoms with Crippen LogP contribution in [0.15, 0.2) is 41.5 Å². The van der Waals surface area contributed by atoms with Gasteiger partial charge in [0, 0.05) is 19.0 Å². The number of benzene rings is 1. The van der Waals surface area contributed by atoms with Crippen molar-refractivity contribution in [2.24, 2.45) is 11.3 Å². The Morgan fingerprint density at radius 1 is 1.07 bits per heavy atom. The average molecular weight is 380 g/mol. The van der Waals surface area contributed by atoms with Gasteiger partial charge >= 0.3 is 0 Å². The summed E-state index contributed by atoms with van der Waals surface area (Å²) in [5.41, 5.74) is 4.36. The second kappa shape index (κ2) is 9.32. The number of nitrogens with zero attached hydrogens (tertiary/aromatic N) is 1. The zero-order chi connectivity index (χ0) is 20.9. The van der Waals surface area contributed by atoms with Crippen LogP contribution in [0.3, 0.4) is 0 Å². The van der Waals surface area contributed by atoms with Gasteiger partial charge in [-0.15, -0.1) is 5.92 Å². The summed E-state index contributed by atoms with van der Waals surface area (Å²) in [5.74, 6) is 7.87. The molecule has 1 aliphatic rings. The fourth-order valence-electron chi connectivity index (χ4n) is 4.91. The van der Waals surface area contributed by atoms with Crippen LogP contribution >= 0.6 is 0 Å². The zero-order valence-corrected chi connectivity index (χ0v) is 19.5. The van der Waals surface area contributed by atoms with Gasteiger partial charge in [-0.25, -0.2) is 0 Å². The Bertz CT molecular complexity index is 725. The minimum atomic E-state index is -0.211. The molecular formula is C27H41N. The van der Waals surface area contributed by atoms with E-state index in [-0.39, 0.29) is 11.0 Å². The highest BCUT2D eigenvalue weighted by Gasteiger charge is 2.49. The fourth-order valence-corrected chi connectivity index (χ4v) is 4.91. The molecule has 1 aromatic rings. The molecule has 2 rings (SSSR count). The van der Waals surface area contributed by atoms with Gasteiger partial charge in [-0.1, -0.05) is 82.9 Å². The third-order valence-electron chi connectivity index (χ3n) is 6.68. The van der Waals surface area contributed by atoms with E-state index in [2.05, 4.69) is 102 Å². The molecule has 0 spiro atoms. The van der Waals surface area contributed by atoms with Gasteiger partial charge in [-0.3, -0.25) is 4.90 Å². The molecule has 154 valence electrons. The first-order chi connectivity index (χ1) is 13.2. The summed E-state index contributed by atoms with van der Waals surface area (Å²) < 4.78 is 0. The highest BCUT2D eigenvalue weighted by Crippen LogP contribution is 2.47. The molecule has 0 N–H and O–H groups in total. The van der Waals surface area contributed by atoms with Gasteiger partial charge in [-0.05, 0) is 56.1 Å². The molecule has 1 aliphatic heterocycles. The predicted molar refractivity (Wildman–Crippen MR) is 123 cm³/mol. The van der Waals surface area contributed by atoms with E-state index >= 15 is 0 Å². The van der Waals surface area contributed by atoms with Crippen LogP contribution in [0.5, 0.6) is 0 Å². The van der Waals surface area contributed by atoms with E-state index in [1.165, 1.54) is 30.4 Å². The van der Waals surface area contributed by atoms with Crippen molar-refractivity contribution in [1.29, 1.82) is 0 Å². The lowest BCUT2D eigenvalue weighted by atomic mass is 9.66. The second-order valence-electron chi connectivity index (χ2n) is 9.72. The van der Waals surface area contributed by atoms with Crippen LogP contribution in [0.25, 0.3) is 0 Å². The average Bonchev–Trinajstić information content (AvgIpc) is 2.65. The molecule has 3 atom stereocenters. The number of hydrogen-bond donors (Lipinski definition) is 0. The molecule has 1 nitrogen and oxygen atoms in total. The maximum Gasteiger partial charge on any atom is 0.102 e. The topological polar surface area (TPSA) is 3.24 Å². The van der Waals surface area contributed by atoms with Gasteiger partial charge < -0.3 is 0 Å². The van der Waals surface area contributed by atoms with E-state index in [0.717, 1.165) is 13.0 Å². The Morgan fingerprint density at radius 3 is 2.25 bits per heavy atom. The maximum atomic E-state index is 3.75. The van der Waals surface area contributed by atoms with Gasteiger partial charge in [0.2, 0.25) is 0 Å². The van der Waals surface area contributed by atoms with Crippen molar-refractivity contribution in [3.05, 3.63) is 47.0 Å². The van der Waals surface area contributed by atoms with Crippen LogP contribution in [0.2, 0.25) is 0 Å². The molecular weight excluding hydrogens is 338 g/mol. The first-order valence-corrected chi connectivity index (χ1v) is 11.1. The lowest BCUT2D eigenvalue weighted by Crippen LogP contribution is -2.61. The monoisotopic (exact) mass is 379 g/mol. The van der Waals surface area contributed by atoms with E-state index in [9.17, 15) is 0 Å². The molecule has 0 unspecified atom stereocenters. The lowest BCUT2D eigenvalue weighted by molar-refractivity contribution is -0.00269. The molecule has 0 fully saturated rings. The number of unbranched alkanes of at least 4 members (excludes halogenated alkanes) is 2. The molecule has 28 heavy (non-hydrogen) atoms. The van der Waals surface area contributed by atoms with Crippen LogP contribution in [0, 0.1) is 23.2 Å². The van der Waals surface area contributed by atoms with E-state index in [1.807, 2.05) is 0 Å².